The first-order valence-corrected chi connectivity index (χ1v) is 8.34. The molecule has 132 valence electrons. The molecule has 8 heteroatoms. The van der Waals surface area contributed by atoms with Crippen molar-refractivity contribution in [3.8, 4) is 11.4 Å². The van der Waals surface area contributed by atoms with E-state index in [0.29, 0.717) is 17.3 Å². The van der Waals surface area contributed by atoms with Crippen LogP contribution in [0.3, 0.4) is 0 Å². The molecule has 1 saturated carbocycles. The predicted octanol–water partition coefficient (Wildman–Crippen LogP) is 3.26. The molecule has 0 radical (unpaired) electrons. The summed E-state index contributed by atoms with van der Waals surface area (Å²) in [5.41, 5.74) is 0.619. The zero-order valence-corrected chi connectivity index (χ0v) is 14.1. The number of aromatic nitrogens is 2. The van der Waals surface area contributed by atoms with Gasteiger partial charge >= 0.3 is 0 Å². The largest absolute Gasteiger partial charge is 0.344 e. The van der Waals surface area contributed by atoms with Crippen molar-refractivity contribution < 1.29 is 14.2 Å². The lowest BCUT2D eigenvalue weighted by Crippen LogP contribution is -2.38. The number of rotatable bonds is 6. The first-order valence-electron chi connectivity index (χ1n) is 8.34. The van der Waals surface area contributed by atoms with Gasteiger partial charge in [0.2, 0.25) is 17.6 Å². The molecule has 0 spiro atoms. The summed E-state index contributed by atoms with van der Waals surface area (Å²) in [7, 11) is 0. The number of carbonyl (C=O) groups excluding carboxylic acids is 1. The number of nitrogens with zero attached hydrogens (tertiary/aromatic N) is 3. The number of nitro groups is 1. The molecule has 1 heterocycles. The first-order chi connectivity index (χ1) is 12.0. The molecule has 1 aliphatic rings. The standard InChI is InChI=1S/C17H20N4O4/c1-10(2)14(18-16(22)12-4-3-5-12)17-19-15(20-25-17)11-6-8-13(9-7-11)21(23)24/h6-10,12,14H,3-5H2,1-2H3,(H,18,22). The van der Waals surface area contributed by atoms with Crippen LogP contribution in [0, 0.1) is 22.0 Å². The highest BCUT2D eigenvalue weighted by Crippen LogP contribution is 2.29. The fourth-order valence-electron chi connectivity index (χ4n) is 2.67. The minimum Gasteiger partial charge on any atom is -0.344 e. The van der Waals surface area contributed by atoms with Crippen molar-refractivity contribution in [3.63, 3.8) is 0 Å². The van der Waals surface area contributed by atoms with Gasteiger partial charge < -0.3 is 9.84 Å². The van der Waals surface area contributed by atoms with E-state index in [1.807, 2.05) is 13.8 Å². The molecule has 0 aliphatic heterocycles. The van der Waals surface area contributed by atoms with E-state index in [4.69, 9.17) is 4.52 Å². The molecular weight excluding hydrogens is 324 g/mol. The summed E-state index contributed by atoms with van der Waals surface area (Å²) in [6.45, 7) is 3.95. The number of carbonyl (C=O) groups is 1. The Morgan fingerprint density at radius 3 is 2.52 bits per heavy atom. The van der Waals surface area contributed by atoms with Crippen LogP contribution in [-0.2, 0) is 4.79 Å². The van der Waals surface area contributed by atoms with Crippen molar-refractivity contribution in [2.24, 2.45) is 11.8 Å². The summed E-state index contributed by atoms with van der Waals surface area (Å²) in [6.07, 6.45) is 2.94. The SMILES string of the molecule is CC(C)C(NC(=O)C1CCC1)c1nc(-c2ccc([N+](=O)[O-])cc2)no1. The molecule has 0 saturated heterocycles. The van der Waals surface area contributed by atoms with E-state index >= 15 is 0 Å². The molecular formula is C17H20N4O4. The van der Waals surface area contributed by atoms with Crippen LogP contribution in [0.5, 0.6) is 0 Å². The van der Waals surface area contributed by atoms with E-state index in [1.165, 1.54) is 12.1 Å². The maximum atomic E-state index is 12.2. The molecule has 8 nitrogen and oxygen atoms in total. The Morgan fingerprint density at radius 1 is 1.32 bits per heavy atom. The second-order valence-electron chi connectivity index (χ2n) is 6.62. The van der Waals surface area contributed by atoms with Gasteiger partial charge in [0.1, 0.15) is 6.04 Å². The van der Waals surface area contributed by atoms with Gasteiger partial charge in [-0.1, -0.05) is 25.4 Å². The Kier molecular flexibility index (Phi) is 4.78. The maximum absolute atomic E-state index is 12.2. The lowest BCUT2D eigenvalue weighted by Gasteiger charge is -2.27. The molecule has 1 N–H and O–H groups in total. The quantitative estimate of drug-likeness (QED) is 0.636. The molecule has 1 aliphatic carbocycles. The maximum Gasteiger partial charge on any atom is 0.269 e. The summed E-state index contributed by atoms with van der Waals surface area (Å²) < 4.78 is 5.34. The summed E-state index contributed by atoms with van der Waals surface area (Å²) in [6, 6.07) is 5.58. The Bertz CT molecular complexity index is 765. The third-order valence-electron chi connectivity index (χ3n) is 4.48. The highest BCUT2D eigenvalue weighted by Gasteiger charge is 2.30. The van der Waals surface area contributed by atoms with Gasteiger partial charge in [-0.15, -0.1) is 0 Å². The monoisotopic (exact) mass is 344 g/mol. The zero-order chi connectivity index (χ0) is 18.0. The Morgan fingerprint density at radius 2 is 2.00 bits per heavy atom. The van der Waals surface area contributed by atoms with E-state index in [9.17, 15) is 14.9 Å². The number of nitrogens with one attached hydrogen (secondary N) is 1. The Labute approximate surface area is 144 Å². The number of nitro benzene ring substituents is 1. The summed E-state index contributed by atoms with van der Waals surface area (Å²) >= 11 is 0. The molecule has 0 bridgehead atoms. The second-order valence-corrected chi connectivity index (χ2v) is 6.62. The fraction of sp³-hybridized carbons (Fsp3) is 0.471. The van der Waals surface area contributed by atoms with E-state index in [0.717, 1.165) is 19.3 Å². The summed E-state index contributed by atoms with van der Waals surface area (Å²) in [4.78, 5) is 26.9. The highest BCUT2D eigenvalue weighted by atomic mass is 16.6. The van der Waals surface area contributed by atoms with Gasteiger partial charge in [0.25, 0.3) is 5.69 Å². The highest BCUT2D eigenvalue weighted by molar-refractivity contribution is 5.79. The Hall–Kier alpha value is -2.77. The lowest BCUT2D eigenvalue weighted by atomic mass is 9.84. The van der Waals surface area contributed by atoms with E-state index in [1.54, 1.807) is 12.1 Å². The number of hydrogen-bond acceptors (Lipinski definition) is 6. The molecule has 1 amide bonds. The van der Waals surface area contributed by atoms with E-state index in [2.05, 4.69) is 15.5 Å². The van der Waals surface area contributed by atoms with Crippen LogP contribution in [-0.4, -0.2) is 21.0 Å². The number of non-ortho nitro benzene ring substituents is 1. The average Bonchev–Trinajstić information content (AvgIpc) is 3.00. The van der Waals surface area contributed by atoms with Crippen LogP contribution in [0.15, 0.2) is 28.8 Å². The number of hydrogen-bond donors (Lipinski definition) is 1. The van der Waals surface area contributed by atoms with Gasteiger partial charge in [0, 0.05) is 23.6 Å². The van der Waals surface area contributed by atoms with Crippen LogP contribution in [0.4, 0.5) is 5.69 Å². The average molecular weight is 344 g/mol. The van der Waals surface area contributed by atoms with E-state index in [-0.39, 0.29) is 29.5 Å². The van der Waals surface area contributed by atoms with E-state index < -0.39 is 4.92 Å². The van der Waals surface area contributed by atoms with Gasteiger partial charge in [-0.25, -0.2) is 0 Å². The molecule has 2 aromatic rings. The molecule has 3 rings (SSSR count). The van der Waals surface area contributed by atoms with Crippen molar-refractivity contribution in [2.75, 3.05) is 0 Å². The first kappa shape index (κ1) is 17.1. The van der Waals surface area contributed by atoms with Crippen molar-refractivity contribution in [1.82, 2.24) is 15.5 Å². The van der Waals surface area contributed by atoms with Gasteiger partial charge in [-0.05, 0) is 30.9 Å². The molecule has 25 heavy (non-hydrogen) atoms. The minimum atomic E-state index is -0.462. The third-order valence-corrected chi connectivity index (χ3v) is 4.48. The van der Waals surface area contributed by atoms with Crippen LogP contribution in [0.1, 0.15) is 45.0 Å². The van der Waals surface area contributed by atoms with Gasteiger partial charge in [0.05, 0.1) is 4.92 Å². The third kappa shape index (κ3) is 3.67. The number of benzene rings is 1. The summed E-state index contributed by atoms with van der Waals surface area (Å²) in [5.74, 6) is 0.886. The zero-order valence-electron chi connectivity index (χ0n) is 14.1. The normalized spacial score (nSPS) is 15.6. The molecule has 1 fully saturated rings. The van der Waals surface area contributed by atoms with Crippen LogP contribution in [0.25, 0.3) is 11.4 Å². The molecule has 1 atom stereocenters. The number of amides is 1. The second kappa shape index (κ2) is 7.00. The smallest absolute Gasteiger partial charge is 0.269 e. The molecule has 1 unspecified atom stereocenters. The Balaban J connectivity index is 1.77. The van der Waals surface area contributed by atoms with Crippen LogP contribution >= 0.6 is 0 Å². The molecule has 1 aromatic heterocycles. The topological polar surface area (TPSA) is 111 Å². The van der Waals surface area contributed by atoms with Crippen molar-refractivity contribution >= 4 is 11.6 Å². The van der Waals surface area contributed by atoms with Gasteiger partial charge in [0.15, 0.2) is 0 Å². The predicted molar refractivity (Wildman–Crippen MR) is 89.5 cm³/mol. The minimum absolute atomic E-state index is 0.000266. The van der Waals surface area contributed by atoms with Gasteiger partial charge in [-0.2, -0.15) is 4.98 Å². The van der Waals surface area contributed by atoms with Crippen LogP contribution in [0.2, 0.25) is 0 Å². The van der Waals surface area contributed by atoms with Crippen molar-refractivity contribution in [3.05, 3.63) is 40.3 Å². The lowest BCUT2D eigenvalue weighted by molar-refractivity contribution is -0.384. The van der Waals surface area contributed by atoms with Crippen LogP contribution < -0.4 is 5.32 Å². The van der Waals surface area contributed by atoms with Crippen molar-refractivity contribution in [2.45, 2.75) is 39.2 Å². The summed E-state index contributed by atoms with van der Waals surface area (Å²) in [5, 5.41) is 17.7. The molecule has 1 aromatic carbocycles. The fourth-order valence-corrected chi connectivity index (χ4v) is 2.67. The van der Waals surface area contributed by atoms with Gasteiger partial charge in [-0.3, -0.25) is 14.9 Å². The van der Waals surface area contributed by atoms with Crippen molar-refractivity contribution in [1.29, 1.82) is 0 Å².